The van der Waals surface area contributed by atoms with Crippen molar-refractivity contribution in [2.24, 2.45) is 0 Å². The molecule has 0 amide bonds. The van der Waals surface area contributed by atoms with Gasteiger partial charge >= 0.3 is 0 Å². The SMILES string of the molecule is c1ccc(-c2cc(-c3ccc(N4c5ccccc5Oc5ccccc54)cc3)cc(-c3ccccn3)n2)nc1. The number of ether oxygens (including phenoxy) is 1. The van der Waals surface area contributed by atoms with Gasteiger partial charge in [0.05, 0.1) is 34.2 Å². The van der Waals surface area contributed by atoms with Crippen LogP contribution in [0.15, 0.2) is 134 Å². The van der Waals surface area contributed by atoms with E-state index < -0.39 is 0 Å². The Hall–Kier alpha value is -5.29. The molecule has 180 valence electrons. The lowest BCUT2D eigenvalue weighted by molar-refractivity contribution is 0.477. The Kier molecular flexibility index (Phi) is 5.37. The van der Waals surface area contributed by atoms with Crippen LogP contribution in [0.25, 0.3) is 33.9 Å². The lowest BCUT2D eigenvalue weighted by Crippen LogP contribution is -2.15. The van der Waals surface area contributed by atoms with Gasteiger partial charge in [0.25, 0.3) is 0 Å². The van der Waals surface area contributed by atoms with Crippen molar-refractivity contribution in [1.29, 1.82) is 0 Å². The van der Waals surface area contributed by atoms with Gasteiger partial charge in [-0.15, -0.1) is 0 Å². The van der Waals surface area contributed by atoms with Crippen LogP contribution in [-0.4, -0.2) is 15.0 Å². The third-order valence-corrected chi connectivity index (χ3v) is 6.57. The first-order valence-electron chi connectivity index (χ1n) is 12.4. The molecule has 5 heteroatoms. The molecular weight excluding hydrogens is 468 g/mol. The highest BCUT2D eigenvalue weighted by atomic mass is 16.5. The van der Waals surface area contributed by atoms with E-state index in [9.17, 15) is 0 Å². The van der Waals surface area contributed by atoms with Crippen LogP contribution in [0.4, 0.5) is 17.1 Å². The van der Waals surface area contributed by atoms with E-state index in [1.165, 1.54) is 0 Å². The molecule has 1 aliphatic rings. The Labute approximate surface area is 220 Å². The molecule has 3 aromatic heterocycles. The zero-order valence-electron chi connectivity index (χ0n) is 20.4. The van der Waals surface area contributed by atoms with Crippen LogP contribution < -0.4 is 9.64 Å². The summed E-state index contributed by atoms with van der Waals surface area (Å²) in [5.41, 5.74) is 8.48. The Morgan fingerprint density at radius 2 is 1.00 bits per heavy atom. The van der Waals surface area contributed by atoms with Crippen molar-refractivity contribution in [2.75, 3.05) is 4.90 Å². The third kappa shape index (κ3) is 3.96. The molecule has 0 saturated heterocycles. The van der Waals surface area contributed by atoms with Crippen molar-refractivity contribution in [3.05, 3.63) is 134 Å². The molecule has 5 nitrogen and oxygen atoms in total. The molecule has 0 saturated carbocycles. The normalized spacial score (nSPS) is 11.8. The van der Waals surface area contributed by atoms with Crippen molar-refractivity contribution in [3.63, 3.8) is 0 Å². The lowest BCUT2D eigenvalue weighted by atomic mass is 10.0. The predicted molar refractivity (Wildman–Crippen MR) is 151 cm³/mol. The molecule has 1 aliphatic heterocycles. The Balaban J connectivity index is 1.32. The van der Waals surface area contributed by atoms with Crippen LogP contribution in [0.5, 0.6) is 11.5 Å². The van der Waals surface area contributed by atoms with E-state index in [4.69, 9.17) is 9.72 Å². The fraction of sp³-hybridized carbons (Fsp3) is 0. The fourth-order valence-electron chi connectivity index (χ4n) is 4.77. The van der Waals surface area contributed by atoms with Crippen LogP contribution in [0.3, 0.4) is 0 Å². The van der Waals surface area contributed by atoms with Gasteiger partial charge in [0.1, 0.15) is 0 Å². The molecule has 38 heavy (non-hydrogen) atoms. The number of para-hydroxylation sites is 4. The summed E-state index contributed by atoms with van der Waals surface area (Å²) in [4.78, 5) is 16.2. The number of pyridine rings is 3. The number of nitrogens with zero attached hydrogens (tertiary/aromatic N) is 4. The molecule has 0 spiro atoms. The van der Waals surface area contributed by atoms with E-state index in [1.54, 1.807) is 12.4 Å². The van der Waals surface area contributed by atoms with Gasteiger partial charge in [-0.2, -0.15) is 0 Å². The van der Waals surface area contributed by atoms with Crippen LogP contribution in [0.1, 0.15) is 0 Å². The van der Waals surface area contributed by atoms with Crippen LogP contribution >= 0.6 is 0 Å². The number of anilines is 3. The standard InChI is InChI=1S/C33H22N4O/c1-3-13-32-30(11-1)37(31-12-2-4-14-33(31)38-32)25-17-15-23(16-18-25)24-21-28(26-9-5-7-19-34-26)36-29(22-24)27-10-6-8-20-35-27/h1-22H. The fourth-order valence-corrected chi connectivity index (χ4v) is 4.77. The summed E-state index contributed by atoms with van der Waals surface area (Å²) in [6.45, 7) is 0. The van der Waals surface area contributed by atoms with Gasteiger partial charge in [0, 0.05) is 18.1 Å². The van der Waals surface area contributed by atoms with E-state index in [2.05, 4.69) is 63.4 Å². The van der Waals surface area contributed by atoms with Crippen molar-refractivity contribution < 1.29 is 4.74 Å². The second-order valence-corrected chi connectivity index (χ2v) is 8.98. The van der Waals surface area contributed by atoms with E-state index >= 15 is 0 Å². The number of rotatable bonds is 4. The van der Waals surface area contributed by atoms with Crippen molar-refractivity contribution in [2.45, 2.75) is 0 Å². The summed E-state index contributed by atoms with van der Waals surface area (Å²) < 4.78 is 6.17. The minimum Gasteiger partial charge on any atom is -0.453 e. The lowest BCUT2D eigenvalue weighted by Gasteiger charge is -2.32. The van der Waals surface area contributed by atoms with E-state index in [1.807, 2.05) is 72.8 Å². The summed E-state index contributed by atoms with van der Waals surface area (Å²) in [7, 11) is 0. The van der Waals surface area contributed by atoms with Gasteiger partial charge in [-0.25, -0.2) is 4.98 Å². The molecule has 0 radical (unpaired) electrons. The second-order valence-electron chi connectivity index (χ2n) is 8.98. The Bertz CT molecular complexity index is 1630. The first-order chi connectivity index (χ1) is 18.8. The molecule has 0 N–H and O–H groups in total. The quantitative estimate of drug-likeness (QED) is 0.248. The zero-order valence-corrected chi connectivity index (χ0v) is 20.4. The van der Waals surface area contributed by atoms with Crippen molar-refractivity contribution >= 4 is 17.1 Å². The van der Waals surface area contributed by atoms with Crippen LogP contribution in [0.2, 0.25) is 0 Å². The molecule has 0 unspecified atom stereocenters. The molecule has 0 fully saturated rings. The maximum atomic E-state index is 6.17. The Morgan fingerprint density at radius 1 is 0.474 bits per heavy atom. The molecule has 0 aliphatic carbocycles. The molecule has 0 bridgehead atoms. The molecular formula is C33H22N4O. The second kappa shape index (κ2) is 9.30. The van der Waals surface area contributed by atoms with E-state index in [-0.39, 0.29) is 0 Å². The monoisotopic (exact) mass is 490 g/mol. The summed E-state index contributed by atoms with van der Waals surface area (Å²) >= 11 is 0. The largest absolute Gasteiger partial charge is 0.453 e. The smallest absolute Gasteiger partial charge is 0.151 e. The molecule has 6 aromatic rings. The number of aromatic nitrogens is 3. The van der Waals surface area contributed by atoms with Crippen molar-refractivity contribution in [1.82, 2.24) is 15.0 Å². The average Bonchev–Trinajstić information content (AvgIpc) is 3.00. The Morgan fingerprint density at radius 3 is 1.53 bits per heavy atom. The highest BCUT2D eigenvalue weighted by Gasteiger charge is 2.25. The first-order valence-corrected chi connectivity index (χ1v) is 12.4. The maximum Gasteiger partial charge on any atom is 0.151 e. The number of benzene rings is 3. The number of fused-ring (bicyclic) bond motifs is 2. The average molecular weight is 491 g/mol. The highest BCUT2D eigenvalue weighted by molar-refractivity contribution is 5.87. The van der Waals surface area contributed by atoms with Gasteiger partial charge in [-0.05, 0) is 83.9 Å². The minimum absolute atomic E-state index is 0.809. The summed E-state index contributed by atoms with van der Waals surface area (Å²) in [6, 6.07) is 40.7. The van der Waals surface area contributed by atoms with Crippen LogP contribution in [-0.2, 0) is 0 Å². The zero-order chi connectivity index (χ0) is 25.3. The third-order valence-electron chi connectivity index (χ3n) is 6.57. The highest BCUT2D eigenvalue weighted by Crippen LogP contribution is 2.50. The number of hydrogen-bond acceptors (Lipinski definition) is 5. The van der Waals surface area contributed by atoms with Crippen LogP contribution in [0, 0.1) is 0 Å². The predicted octanol–water partition coefficient (Wildman–Crippen LogP) is 8.45. The summed E-state index contributed by atoms with van der Waals surface area (Å²) in [5.74, 6) is 1.67. The topological polar surface area (TPSA) is 51.1 Å². The first kappa shape index (κ1) is 21.9. The summed E-state index contributed by atoms with van der Waals surface area (Å²) in [6.07, 6.45) is 3.58. The molecule has 7 rings (SSSR count). The van der Waals surface area contributed by atoms with Gasteiger partial charge in [-0.1, -0.05) is 48.5 Å². The van der Waals surface area contributed by atoms with E-state index in [0.29, 0.717) is 0 Å². The summed E-state index contributed by atoms with van der Waals surface area (Å²) in [5, 5.41) is 0. The van der Waals surface area contributed by atoms with Gasteiger partial charge < -0.3 is 9.64 Å². The van der Waals surface area contributed by atoms with Crippen molar-refractivity contribution in [3.8, 4) is 45.4 Å². The number of hydrogen-bond donors (Lipinski definition) is 0. The van der Waals surface area contributed by atoms with E-state index in [0.717, 1.165) is 62.5 Å². The minimum atomic E-state index is 0.809. The molecule has 0 atom stereocenters. The molecule has 3 aromatic carbocycles. The van der Waals surface area contributed by atoms with Gasteiger partial charge in [0.15, 0.2) is 11.5 Å². The van der Waals surface area contributed by atoms with Gasteiger partial charge in [-0.3, -0.25) is 9.97 Å². The van der Waals surface area contributed by atoms with Gasteiger partial charge in [0.2, 0.25) is 0 Å². The molecule has 4 heterocycles. The maximum absolute atomic E-state index is 6.17.